The van der Waals surface area contributed by atoms with Gasteiger partial charge in [-0.05, 0) is 5.92 Å². The zero-order valence-corrected chi connectivity index (χ0v) is 9.40. The predicted octanol–water partition coefficient (Wildman–Crippen LogP) is -0.189. The molecular formula is C9H17N5O2. The standard InChI is InChI=1S/C9H17N5O2/c1-6(4-15)3-11-8-7(16-2)9(14-10)13-5-12-8/h5-6,15H,3-4,10H2,1-2H3,(H2,11,12,13,14). The van der Waals surface area contributed by atoms with Crippen molar-refractivity contribution in [1.82, 2.24) is 9.97 Å². The number of methoxy groups -OCH3 is 1. The van der Waals surface area contributed by atoms with Crippen molar-refractivity contribution in [2.75, 3.05) is 31.0 Å². The summed E-state index contributed by atoms with van der Waals surface area (Å²) in [7, 11) is 1.51. The minimum atomic E-state index is 0.113. The smallest absolute Gasteiger partial charge is 0.205 e. The molecular weight excluding hydrogens is 210 g/mol. The van der Waals surface area contributed by atoms with Crippen molar-refractivity contribution >= 4 is 11.6 Å². The summed E-state index contributed by atoms with van der Waals surface area (Å²) in [6, 6.07) is 0. The quantitative estimate of drug-likeness (QED) is 0.394. The van der Waals surface area contributed by atoms with E-state index in [1.807, 2.05) is 6.92 Å². The third-order valence-corrected chi connectivity index (χ3v) is 2.07. The Labute approximate surface area is 94.0 Å². The van der Waals surface area contributed by atoms with E-state index in [9.17, 15) is 0 Å². The molecule has 0 aromatic carbocycles. The van der Waals surface area contributed by atoms with Crippen LogP contribution < -0.4 is 21.3 Å². The molecule has 7 heteroatoms. The Morgan fingerprint density at radius 3 is 2.75 bits per heavy atom. The van der Waals surface area contributed by atoms with Gasteiger partial charge in [0.05, 0.1) is 7.11 Å². The number of hydrogen-bond donors (Lipinski definition) is 4. The van der Waals surface area contributed by atoms with Crippen molar-refractivity contribution in [1.29, 1.82) is 0 Å². The topological polar surface area (TPSA) is 105 Å². The van der Waals surface area contributed by atoms with Crippen molar-refractivity contribution in [3.8, 4) is 5.75 Å². The number of ether oxygens (including phenoxy) is 1. The lowest BCUT2D eigenvalue weighted by Crippen LogP contribution is -2.17. The van der Waals surface area contributed by atoms with Gasteiger partial charge in [-0.3, -0.25) is 0 Å². The number of nitrogens with one attached hydrogen (secondary N) is 2. The summed E-state index contributed by atoms with van der Waals surface area (Å²) >= 11 is 0. The van der Waals surface area contributed by atoms with Crippen molar-refractivity contribution in [2.45, 2.75) is 6.92 Å². The molecule has 0 saturated heterocycles. The zero-order valence-electron chi connectivity index (χ0n) is 9.40. The molecule has 7 nitrogen and oxygen atoms in total. The largest absolute Gasteiger partial charge is 0.490 e. The third-order valence-electron chi connectivity index (χ3n) is 2.07. The highest BCUT2D eigenvalue weighted by molar-refractivity contribution is 5.62. The second kappa shape index (κ2) is 6.09. The fourth-order valence-electron chi connectivity index (χ4n) is 1.13. The molecule has 0 aliphatic heterocycles. The van der Waals surface area contributed by atoms with E-state index in [4.69, 9.17) is 15.7 Å². The number of aliphatic hydroxyl groups is 1. The van der Waals surface area contributed by atoms with Gasteiger partial charge in [-0.1, -0.05) is 6.92 Å². The molecule has 1 rings (SSSR count). The average Bonchev–Trinajstić information content (AvgIpc) is 2.34. The molecule has 1 atom stereocenters. The summed E-state index contributed by atoms with van der Waals surface area (Å²) in [6.07, 6.45) is 1.38. The van der Waals surface area contributed by atoms with Gasteiger partial charge in [-0.2, -0.15) is 0 Å². The number of aromatic nitrogens is 2. The van der Waals surface area contributed by atoms with Crippen molar-refractivity contribution in [3.63, 3.8) is 0 Å². The number of nitrogen functional groups attached to an aromatic ring is 1. The maximum absolute atomic E-state index is 8.90. The van der Waals surface area contributed by atoms with Crippen LogP contribution in [0, 0.1) is 5.92 Å². The van der Waals surface area contributed by atoms with Crippen LogP contribution in [0.1, 0.15) is 6.92 Å². The van der Waals surface area contributed by atoms with Gasteiger partial charge in [0.2, 0.25) is 5.75 Å². The average molecular weight is 227 g/mol. The fraction of sp³-hybridized carbons (Fsp3) is 0.556. The maximum atomic E-state index is 8.90. The highest BCUT2D eigenvalue weighted by Gasteiger charge is 2.11. The van der Waals surface area contributed by atoms with Gasteiger partial charge in [0.1, 0.15) is 6.33 Å². The number of rotatable bonds is 6. The van der Waals surface area contributed by atoms with Crippen LogP contribution in [0.3, 0.4) is 0 Å². The Hall–Kier alpha value is -1.60. The number of nitrogens with zero attached hydrogens (tertiary/aromatic N) is 2. The summed E-state index contributed by atoms with van der Waals surface area (Å²) in [5.74, 6) is 6.84. The molecule has 0 amide bonds. The fourth-order valence-corrected chi connectivity index (χ4v) is 1.13. The van der Waals surface area contributed by atoms with Crippen LogP contribution >= 0.6 is 0 Å². The van der Waals surface area contributed by atoms with Crippen molar-refractivity contribution in [3.05, 3.63) is 6.33 Å². The first-order valence-electron chi connectivity index (χ1n) is 4.93. The number of nitrogens with two attached hydrogens (primary N) is 1. The molecule has 90 valence electrons. The first-order valence-corrected chi connectivity index (χ1v) is 4.93. The zero-order chi connectivity index (χ0) is 12.0. The lowest BCUT2D eigenvalue weighted by Gasteiger charge is -2.14. The monoisotopic (exact) mass is 227 g/mol. The molecule has 0 aliphatic rings. The minimum absolute atomic E-state index is 0.113. The first kappa shape index (κ1) is 12.5. The highest BCUT2D eigenvalue weighted by atomic mass is 16.5. The predicted molar refractivity (Wildman–Crippen MR) is 61.1 cm³/mol. The van der Waals surface area contributed by atoms with Crippen LogP contribution in [0.4, 0.5) is 11.6 Å². The summed E-state index contributed by atoms with van der Waals surface area (Å²) < 4.78 is 5.14. The van der Waals surface area contributed by atoms with E-state index in [2.05, 4.69) is 20.7 Å². The Bertz CT molecular complexity index is 334. The molecule has 0 radical (unpaired) electrons. The van der Waals surface area contributed by atoms with Gasteiger partial charge in [-0.15, -0.1) is 0 Å². The summed E-state index contributed by atoms with van der Waals surface area (Å²) in [5.41, 5.74) is 2.42. The second-order valence-electron chi connectivity index (χ2n) is 3.42. The third kappa shape index (κ3) is 2.94. The number of anilines is 2. The van der Waals surface area contributed by atoms with Crippen LogP contribution in [-0.4, -0.2) is 35.3 Å². The molecule has 1 unspecified atom stereocenters. The molecule has 5 N–H and O–H groups in total. The van der Waals surface area contributed by atoms with E-state index in [-0.39, 0.29) is 12.5 Å². The Balaban J connectivity index is 2.78. The minimum Gasteiger partial charge on any atom is -0.490 e. The van der Waals surface area contributed by atoms with E-state index in [0.29, 0.717) is 23.9 Å². The maximum Gasteiger partial charge on any atom is 0.205 e. The molecule has 0 aliphatic carbocycles. The normalized spacial score (nSPS) is 12.0. The molecule has 1 aromatic rings. The highest BCUT2D eigenvalue weighted by Crippen LogP contribution is 2.27. The van der Waals surface area contributed by atoms with Gasteiger partial charge in [0.15, 0.2) is 11.6 Å². The van der Waals surface area contributed by atoms with E-state index >= 15 is 0 Å². The molecule has 1 aromatic heterocycles. The molecule has 0 fully saturated rings. The van der Waals surface area contributed by atoms with Gasteiger partial charge >= 0.3 is 0 Å². The van der Waals surface area contributed by atoms with E-state index < -0.39 is 0 Å². The molecule has 0 bridgehead atoms. The Morgan fingerprint density at radius 2 is 2.19 bits per heavy atom. The summed E-state index contributed by atoms with van der Waals surface area (Å²) in [5, 5.41) is 12.0. The first-order chi connectivity index (χ1) is 7.72. The van der Waals surface area contributed by atoms with Crippen LogP contribution in [0.25, 0.3) is 0 Å². The van der Waals surface area contributed by atoms with Gasteiger partial charge in [-0.25, -0.2) is 15.8 Å². The van der Waals surface area contributed by atoms with Crippen LogP contribution in [0.5, 0.6) is 5.75 Å². The molecule has 0 spiro atoms. The van der Waals surface area contributed by atoms with Crippen LogP contribution in [-0.2, 0) is 0 Å². The van der Waals surface area contributed by atoms with E-state index in [1.54, 1.807) is 0 Å². The Morgan fingerprint density at radius 1 is 1.50 bits per heavy atom. The van der Waals surface area contributed by atoms with Gasteiger partial charge < -0.3 is 20.6 Å². The number of hydrogen-bond acceptors (Lipinski definition) is 7. The second-order valence-corrected chi connectivity index (χ2v) is 3.42. The number of aliphatic hydroxyl groups excluding tert-OH is 1. The molecule has 1 heterocycles. The lowest BCUT2D eigenvalue weighted by molar-refractivity contribution is 0.244. The van der Waals surface area contributed by atoms with Crippen molar-refractivity contribution in [2.24, 2.45) is 11.8 Å². The SMILES string of the molecule is COc1c(NN)ncnc1NCC(C)CO. The molecule has 0 saturated carbocycles. The van der Waals surface area contributed by atoms with Gasteiger partial charge in [0, 0.05) is 13.2 Å². The summed E-state index contributed by atoms with van der Waals surface area (Å²) in [6.45, 7) is 2.62. The van der Waals surface area contributed by atoms with Gasteiger partial charge in [0.25, 0.3) is 0 Å². The molecule has 16 heavy (non-hydrogen) atoms. The van der Waals surface area contributed by atoms with E-state index in [1.165, 1.54) is 13.4 Å². The Kier molecular flexibility index (Phi) is 4.74. The summed E-state index contributed by atoms with van der Waals surface area (Å²) in [4.78, 5) is 7.95. The van der Waals surface area contributed by atoms with Crippen LogP contribution in [0.2, 0.25) is 0 Å². The van der Waals surface area contributed by atoms with Crippen molar-refractivity contribution < 1.29 is 9.84 Å². The van der Waals surface area contributed by atoms with E-state index in [0.717, 1.165) is 0 Å². The van der Waals surface area contributed by atoms with Crippen LogP contribution in [0.15, 0.2) is 6.33 Å². The number of hydrazine groups is 1. The lowest BCUT2D eigenvalue weighted by atomic mass is 10.2.